The van der Waals surface area contributed by atoms with E-state index in [9.17, 15) is 0 Å². The van der Waals surface area contributed by atoms with Crippen LogP contribution in [-0.4, -0.2) is 47.2 Å². The molecule has 5 heteroatoms. The van der Waals surface area contributed by atoms with Crippen molar-refractivity contribution in [3.8, 4) is 5.88 Å². The lowest BCUT2D eigenvalue weighted by molar-refractivity contribution is 0.140. The summed E-state index contributed by atoms with van der Waals surface area (Å²) in [5.74, 6) is 1.25. The average Bonchev–Trinajstić information content (AvgIpc) is 2.35. The van der Waals surface area contributed by atoms with E-state index in [0.717, 1.165) is 12.1 Å². The first-order valence-corrected chi connectivity index (χ1v) is 6.85. The normalized spacial score (nSPS) is 11.4. The SMILES string of the molecule is CNc1ncc(C)c(OCCN(C(C)C)C(C)C)n1. The molecule has 5 nitrogen and oxygen atoms in total. The van der Waals surface area contributed by atoms with E-state index < -0.39 is 0 Å². The maximum absolute atomic E-state index is 5.78. The summed E-state index contributed by atoms with van der Waals surface area (Å²) in [4.78, 5) is 10.9. The van der Waals surface area contributed by atoms with Gasteiger partial charge in [0.25, 0.3) is 0 Å². The van der Waals surface area contributed by atoms with Gasteiger partial charge in [0.05, 0.1) is 0 Å². The Morgan fingerprint density at radius 3 is 2.42 bits per heavy atom. The number of nitrogens with zero attached hydrogens (tertiary/aromatic N) is 3. The van der Waals surface area contributed by atoms with Crippen LogP contribution in [0.5, 0.6) is 5.88 Å². The molecule has 0 fully saturated rings. The fourth-order valence-electron chi connectivity index (χ4n) is 2.05. The predicted molar refractivity (Wildman–Crippen MR) is 78.8 cm³/mol. The van der Waals surface area contributed by atoms with Crippen LogP contribution in [0.25, 0.3) is 0 Å². The third kappa shape index (κ3) is 4.67. The second kappa shape index (κ2) is 7.28. The molecule has 0 saturated heterocycles. The van der Waals surface area contributed by atoms with Crippen LogP contribution in [0, 0.1) is 6.92 Å². The third-order valence-corrected chi connectivity index (χ3v) is 3.06. The summed E-state index contributed by atoms with van der Waals surface area (Å²) < 4.78 is 5.78. The van der Waals surface area contributed by atoms with E-state index in [1.54, 1.807) is 13.2 Å². The summed E-state index contributed by atoms with van der Waals surface area (Å²) >= 11 is 0. The third-order valence-electron chi connectivity index (χ3n) is 3.06. The topological polar surface area (TPSA) is 50.3 Å². The number of aromatic nitrogens is 2. The number of anilines is 1. The van der Waals surface area contributed by atoms with E-state index in [-0.39, 0.29) is 0 Å². The smallest absolute Gasteiger partial charge is 0.225 e. The zero-order valence-corrected chi connectivity index (χ0v) is 12.9. The van der Waals surface area contributed by atoms with Gasteiger partial charge < -0.3 is 10.1 Å². The lowest BCUT2D eigenvalue weighted by Gasteiger charge is -2.30. The van der Waals surface area contributed by atoms with Crippen LogP contribution >= 0.6 is 0 Å². The summed E-state index contributed by atoms with van der Waals surface area (Å²) in [5, 5.41) is 2.92. The molecule has 0 atom stereocenters. The molecule has 0 aliphatic carbocycles. The van der Waals surface area contributed by atoms with Crippen LogP contribution in [0.2, 0.25) is 0 Å². The number of ether oxygens (including phenoxy) is 1. The highest BCUT2D eigenvalue weighted by atomic mass is 16.5. The van der Waals surface area contributed by atoms with Crippen LogP contribution in [0.15, 0.2) is 6.20 Å². The molecule has 0 aliphatic rings. The summed E-state index contributed by atoms with van der Waals surface area (Å²) in [5.41, 5.74) is 0.958. The Bertz CT molecular complexity index is 385. The lowest BCUT2D eigenvalue weighted by Crippen LogP contribution is -2.39. The van der Waals surface area contributed by atoms with E-state index in [0.29, 0.717) is 30.5 Å². The van der Waals surface area contributed by atoms with Gasteiger partial charge in [-0.25, -0.2) is 4.98 Å². The molecule has 0 aliphatic heterocycles. The molecule has 0 saturated carbocycles. The average molecular weight is 266 g/mol. The van der Waals surface area contributed by atoms with Gasteiger partial charge >= 0.3 is 0 Å². The van der Waals surface area contributed by atoms with Gasteiger partial charge in [-0.15, -0.1) is 0 Å². The highest BCUT2D eigenvalue weighted by Gasteiger charge is 2.13. The maximum atomic E-state index is 5.78. The molecule has 19 heavy (non-hydrogen) atoms. The zero-order chi connectivity index (χ0) is 14.4. The Hall–Kier alpha value is -1.36. The van der Waals surface area contributed by atoms with Crippen molar-refractivity contribution in [1.29, 1.82) is 0 Å². The fourth-order valence-corrected chi connectivity index (χ4v) is 2.05. The number of rotatable bonds is 7. The van der Waals surface area contributed by atoms with E-state index in [1.807, 2.05) is 6.92 Å². The minimum absolute atomic E-state index is 0.517. The molecule has 1 aromatic heterocycles. The number of aryl methyl sites for hydroxylation is 1. The molecule has 0 amide bonds. The van der Waals surface area contributed by atoms with Crippen molar-refractivity contribution in [2.24, 2.45) is 0 Å². The predicted octanol–water partition coefficient (Wildman–Crippen LogP) is 2.32. The van der Waals surface area contributed by atoms with Gasteiger partial charge in [0.1, 0.15) is 6.61 Å². The Labute approximate surface area is 116 Å². The highest BCUT2D eigenvalue weighted by molar-refractivity contribution is 5.31. The summed E-state index contributed by atoms with van der Waals surface area (Å²) in [6.45, 7) is 12.3. The van der Waals surface area contributed by atoms with Crippen molar-refractivity contribution in [3.05, 3.63) is 11.8 Å². The van der Waals surface area contributed by atoms with Crippen molar-refractivity contribution in [1.82, 2.24) is 14.9 Å². The number of hydrogen-bond acceptors (Lipinski definition) is 5. The standard InChI is InChI=1S/C14H26N4O/c1-10(2)18(11(3)4)7-8-19-13-12(5)9-16-14(15-6)17-13/h9-11H,7-8H2,1-6H3,(H,15,16,17). The number of hydrogen-bond donors (Lipinski definition) is 1. The molecule has 1 aromatic rings. The molecule has 0 aromatic carbocycles. The van der Waals surface area contributed by atoms with Gasteiger partial charge in [-0.1, -0.05) is 0 Å². The van der Waals surface area contributed by atoms with Gasteiger partial charge in [-0.2, -0.15) is 4.98 Å². The van der Waals surface area contributed by atoms with Crippen LogP contribution in [0.4, 0.5) is 5.95 Å². The van der Waals surface area contributed by atoms with E-state index in [4.69, 9.17) is 4.74 Å². The first-order chi connectivity index (χ1) is 8.95. The summed E-state index contributed by atoms with van der Waals surface area (Å²) in [6, 6.07) is 1.03. The molecule has 1 N–H and O–H groups in total. The Morgan fingerprint density at radius 2 is 1.89 bits per heavy atom. The van der Waals surface area contributed by atoms with Crippen LogP contribution in [0.1, 0.15) is 33.3 Å². The largest absolute Gasteiger partial charge is 0.476 e. The fraction of sp³-hybridized carbons (Fsp3) is 0.714. The van der Waals surface area contributed by atoms with Gasteiger partial charge in [0.15, 0.2) is 0 Å². The second-order valence-corrected chi connectivity index (χ2v) is 5.21. The lowest BCUT2D eigenvalue weighted by atomic mass is 10.2. The molecular weight excluding hydrogens is 240 g/mol. The summed E-state index contributed by atoms with van der Waals surface area (Å²) in [7, 11) is 1.80. The van der Waals surface area contributed by atoms with E-state index in [2.05, 4.69) is 47.9 Å². The Morgan fingerprint density at radius 1 is 1.26 bits per heavy atom. The van der Waals surface area contributed by atoms with Crippen molar-refractivity contribution >= 4 is 5.95 Å². The van der Waals surface area contributed by atoms with Gasteiger partial charge in [-0.05, 0) is 34.6 Å². The first-order valence-electron chi connectivity index (χ1n) is 6.85. The molecule has 1 heterocycles. The molecular formula is C14H26N4O. The van der Waals surface area contributed by atoms with Crippen molar-refractivity contribution in [2.45, 2.75) is 46.7 Å². The maximum Gasteiger partial charge on any atom is 0.225 e. The first kappa shape index (κ1) is 15.7. The Balaban J connectivity index is 2.57. The van der Waals surface area contributed by atoms with Crippen LogP contribution < -0.4 is 10.1 Å². The van der Waals surface area contributed by atoms with E-state index >= 15 is 0 Å². The minimum atomic E-state index is 0.517. The highest BCUT2D eigenvalue weighted by Crippen LogP contribution is 2.15. The van der Waals surface area contributed by atoms with Crippen molar-refractivity contribution < 1.29 is 4.74 Å². The quantitative estimate of drug-likeness (QED) is 0.821. The van der Waals surface area contributed by atoms with E-state index in [1.165, 1.54) is 0 Å². The minimum Gasteiger partial charge on any atom is -0.476 e. The van der Waals surface area contributed by atoms with Gasteiger partial charge in [-0.3, -0.25) is 4.90 Å². The molecule has 0 radical (unpaired) electrons. The monoisotopic (exact) mass is 266 g/mol. The van der Waals surface area contributed by atoms with Crippen molar-refractivity contribution in [2.75, 3.05) is 25.5 Å². The van der Waals surface area contributed by atoms with Crippen LogP contribution in [0.3, 0.4) is 0 Å². The molecule has 108 valence electrons. The van der Waals surface area contributed by atoms with Crippen molar-refractivity contribution in [3.63, 3.8) is 0 Å². The van der Waals surface area contributed by atoms with Gasteiger partial charge in [0.2, 0.25) is 11.8 Å². The summed E-state index contributed by atoms with van der Waals surface area (Å²) in [6.07, 6.45) is 1.77. The molecule has 1 rings (SSSR count). The Kier molecular flexibility index (Phi) is 6.02. The van der Waals surface area contributed by atoms with Crippen LogP contribution in [-0.2, 0) is 0 Å². The zero-order valence-electron chi connectivity index (χ0n) is 12.9. The molecule has 0 bridgehead atoms. The number of nitrogens with one attached hydrogen (secondary N) is 1. The second-order valence-electron chi connectivity index (χ2n) is 5.21. The van der Waals surface area contributed by atoms with Gasteiger partial charge in [0, 0.05) is 37.4 Å². The molecule has 0 spiro atoms. The molecule has 0 unspecified atom stereocenters.